The van der Waals surface area contributed by atoms with Crippen LogP contribution < -0.4 is 10.6 Å². The number of hydrogen-bond donors (Lipinski definition) is 2. The van der Waals surface area contributed by atoms with Gasteiger partial charge in [0.1, 0.15) is 0 Å². The lowest BCUT2D eigenvalue weighted by Gasteiger charge is -2.09. The number of rotatable bonds is 8. The summed E-state index contributed by atoms with van der Waals surface area (Å²) >= 11 is 5.73. The summed E-state index contributed by atoms with van der Waals surface area (Å²) in [4.78, 5) is 46.3. The Morgan fingerprint density at radius 3 is 2.32 bits per heavy atom. The smallest absolute Gasteiger partial charge is 0.321 e. The van der Waals surface area contributed by atoms with Crippen molar-refractivity contribution in [2.75, 3.05) is 13.2 Å². The van der Waals surface area contributed by atoms with Crippen LogP contribution in [0.4, 0.5) is 4.79 Å². The molecule has 3 amide bonds. The monoisotopic (exact) mass is 368 g/mol. The Hall–Kier alpha value is -2.41. The molecule has 1 aromatic carbocycles. The summed E-state index contributed by atoms with van der Waals surface area (Å²) < 4.78 is 4.73. The van der Waals surface area contributed by atoms with Crippen LogP contribution in [-0.2, 0) is 14.3 Å². The van der Waals surface area contributed by atoms with E-state index in [0.717, 1.165) is 0 Å². The van der Waals surface area contributed by atoms with E-state index in [-0.39, 0.29) is 24.5 Å². The Bertz CT molecular complexity index is 628. The summed E-state index contributed by atoms with van der Waals surface area (Å²) in [5, 5.41) is 5.05. The zero-order chi connectivity index (χ0) is 18.8. The Balaban J connectivity index is 2.25. The van der Waals surface area contributed by atoms with Crippen molar-refractivity contribution in [2.45, 2.75) is 26.7 Å². The van der Waals surface area contributed by atoms with Gasteiger partial charge in [-0.1, -0.05) is 25.4 Å². The minimum Gasteiger partial charge on any atom is -0.456 e. The maximum Gasteiger partial charge on any atom is 0.321 e. The van der Waals surface area contributed by atoms with E-state index in [9.17, 15) is 19.2 Å². The highest BCUT2D eigenvalue weighted by Gasteiger charge is 2.13. The van der Waals surface area contributed by atoms with E-state index in [1.54, 1.807) is 24.3 Å². The molecule has 0 atom stereocenters. The van der Waals surface area contributed by atoms with Crippen LogP contribution in [0, 0.1) is 5.92 Å². The van der Waals surface area contributed by atoms with E-state index in [2.05, 4.69) is 5.32 Å². The number of carbonyl (C=O) groups is 4. The van der Waals surface area contributed by atoms with Crippen LogP contribution in [0.5, 0.6) is 0 Å². The number of nitrogens with one attached hydrogen (secondary N) is 2. The Labute approximate surface area is 151 Å². The molecule has 0 radical (unpaired) electrons. The van der Waals surface area contributed by atoms with Crippen molar-refractivity contribution in [2.24, 2.45) is 5.92 Å². The Kier molecular flexibility index (Phi) is 8.63. The lowest BCUT2D eigenvalue weighted by molar-refractivity contribution is -0.148. The molecule has 7 nitrogen and oxygen atoms in total. The van der Waals surface area contributed by atoms with Gasteiger partial charge >= 0.3 is 12.0 Å². The molecular formula is C17H21ClN2O5. The standard InChI is InChI=1S/C17H21ClN2O5/c1-11(2)9-19-17(24)20-15(22)10-25-16(23)8-7-14(21)12-3-5-13(18)6-4-12/h3-6,11H,7-10H2,1-2H3,(H2,19,20,22,24). The molecule has 0 spiro atoms. The molecule has 136 valence electrons. The fourth-order valence-corrected chi connectivity index (χ4v) is 1.84. The molecule has 0 aliphatic carbocycles. The van der Waals surface area contributed by atoms with Crippen LogP contribution in [-0.4, -0.2) is 36.8 Å². The number of esters is 1. The van der Waals surface area contributed by atoms with Crippen molar-refractivity contribution in [1.82, 2.24) is 10.6 Å². The first-order chi connectivity index (χ1) is 11.8. The van der Waals surface area contributed by atoms with Gasteiger partial charge in [-0.3, -0.25) is 19.7 Å². The van der Waals surface area contributed by atoms with E-state index in [1.807, 2.05) is 19.2 Å². The van der Waals surface area contributed by atoms with E-state index >= 15 is 0 Å². The Morgan fingerprint density at radius 1 is 1.08 bits per heavy atom. The highest BCUT2D eigenvalue weighted by molar-refractivity contribution is 6.30. The van der Waals surface area contributed by atoms with E-state index in [1.165, 1.54) is 0 Å². The molecule has 0 aliphatic rings. The maximum absolute atomic E-state index is 11.9. The zero-order valence-electron chi connectivity index (χ0n) is 14.1. The summed E-state index contributed by atoms with van der Waals surface area (Å²) in [6.45, 7) is 3.67. The number of ether oxygens (including phenoxy) is 1. The SMILES string of the molecule is CC(C)CNC(=O)NC(=O)COC(=O)CCC(=O)c1ccc(Cl)cc1. The average Bonchev–Trinajstić information content (AvgIpc) is 2.56. The van der Waals surface area contributed by atoms with Gasteiger partial charge in [0.05, 0.1) is 6.42 Å². The molecule has 0 aliphatic heterocycles. The third-order valence-electron chi connectivity index (χ3n) is 3.01. The number of hydrogen-bond acceptors (Lipinski definition) is 5. The van der Waals surface area contributed by atoms with E-state index in [0.29, 0.717) is 17.1 Å². The lowest BCUT2D eigenvalue weighted by Crippen LogP contribution is -2.42. The van der Waals surface area contributed by atoms with Gasteiger partial charge in [0.25, 0.3) is 5.91 Å². The minimum atomic E-state index is -0.737. The molecule has 0 aromatic heterocycles. The highest BCUT2D eigenvalue weighted by atomic mass is 35.5. The second-order valence-electron chi connectivity index (χ2n) is 5.74. The predicted octanol–water partition coefficient (Wildman–Crippen LogP) is 2.33. The highest BCUT2D eigenvalue weighted by Crippen LogP contribution is 2.12. The van der Waals surface area contributed by atoms with Crippen molar-refractivity contribution in [3.8, 4) is 0 Å². The first-order valence-electron chi connectivity index (χ1n) is 7.80. The first kappa shape index (κ1) is 20.6. The fraction of sp³-hybridized carbons (Fsp3) is 0.412. The fourth-order valence-electron chi connectivity index (χ4n) is 1.72. The van der Waals surface area contributed by atoms with Crippen LogP contribution in [0.15, 0.2) is 24.3 Å². The zero-order valence-corrected chi connectivity index (χ0v) is 14.9. The number of halogens is 1. The molecule has 8 heteroatoms. The third kappa shape index (κ3) is 8.85. The third-order valence-corrected chi connectivity index (χ3v) is 3.26. The minimum absolute atomic E-state index is 0.0447. The predicted molar refractivity (Wildman–Crippen MR) is 92.4 cm³/mol. The van der Waals surface area contributed by atoms with Crippen LogP contribution in [0.25, 0.3) is 0 Å². The molecule has 0 fully saturated rings. The molecule has 1 rings (SSSR count). The second-order valence-corrected chi connectivity index (χ2v) is 6.18. The molecular weight excluding hydrogens is 348 g/mol. The van der Waals surface area contributed by atoms with Crippen molar-refractivity contribution in [3.05, 3.63) is 34.9 Å². The normalized spacial score (nSPS) is 10.2. The quantitative estimate of drug-likeness (QED) is 0.541. The van der Waals surface area contributed by atoms with Crippen LogP contribution >= 0.6 is 11.6 Å². The van der Waals surface area contributed by atoms with Crippen molar-refractivity contribution in [3.63, 3.8) is 0 Å². The summed E-state index contributed by atoms with van der Waals surface area (Å²) in [6, 6.07) is 5.66. The molecule has 0 heterocycles. The van der Waals surface area contributed by atoms with E-state index < -0.39 is 24.5 Å². The second kappa shape index (κ2) is 10.5. The van der Waals surface area contributed by atoms with Gasteiger partial charge in [0.15, 0.2) is 12.4 Å². The van der Waals surface area contributed by atoms with Gasteiger partial charge in [-0.15, -0.1) is 0 Å². The van der Waals surface area contributed by atoms with Gasteiger partial charge in [-0.25, -0.2) is 4.79 Å². The molecule has 0 bridgehead atoms. The number of amides is 3. The molecule has 0 saturated heterocycles. The number of Topliss-reactive ketones (excluding diaryl/α,β-unsaturated/α-hetero) is 1. The van der Waals surface area contributed by atoms with E-state index in [4.69, 9.17) is 16.3 Å². The topological polar surface area (TPSA) is 102 Å². The maximum atomic E-state index is 11.9. The Morgan fingerprint density at radius 2 is 1.72 bits per heavy atom. The summed E-state index contributed by atoms with van der Waals surface area (Å²) in [7, 11) is 0. The molecule has 25 heavy (non-hydrogen) atoms. The number of ketones is 1. The summed E-state index contributed by atoms with van der Waals surface area (Å²) in [5.74, 6) is -1.42. The van der Waals surface area contributed by atoms with Crippen molar-refractivity contribution in [1.29, 1.82) is 0 Å². The summed E-state index contributed by atoms with van der Waals surface area (Å²) in [5.41, 5.74) is 0.441. The van der Waals surface area contributed by atoms with Gasteiger partial charge in [-0.05, 0) is 30.2 Å². The molecule has 2 N–H and O–H groups in total. The molecule has 0 saturated carbocycles. The van der Waals surface area contributed by atoms with Gasteiger partial charge in [-0.2, -0.15) is 0 Å². The average molecular weight is 369 g/mol. The summed E-state index contributed by atoms with van der Waals surface area (Å²) in [6.07, 6.45) is -0.203. The number of benzene rings is 1. The van der Waals surface area contributed by atoms with Gasteiger partial charge < -0.3 is 10.1 Å². The number of urea groups is 1. The van der Waals surface area contributed by atoms with Gasteiger partial charge in [0.2, 0.25) is 0 Å². The van der Waals surface area contributed by atoms with Crippen molar-refractivity contribution < 1.29 is 23.9 Å². The van der Waals surface area contributed by atoms with Gasteiger partial charge in [0, 0.05) is 23.6 Å². The lowest BCUT2D eigenvalue weighted by atomic mass is 10.1. The first-order valence-corrected chi connectivity index (χ1v) is 8.17. The molecule has 0 unspecified atom stereocenters. The van der Waals surface area contributed by atoms with Crippen molar-refractivity contribution >= 4 is 35.3 Å². The molecule has 1 aromatic rings. The number of carbonyl (C=O) groups excluding carboxylic acids is 4. The largest absolute Gasteiger partial charge is 0.456 e. The van der Waals surface area contributed by atoms with Crippen LogP contribution in [0.3, 0.4) is 0 Å². The number of imide groups is 1. The van der Waals surface area contributed by atoms with Crippen LogP contribution in [0.2, 0.25) is 5.02 Å². The van der Waals surface area contributed by atoms with Crippen LogP contribution in [0.1, 0.15) is 37.0 Å².